The predicted octanol–water partition coefficient (Wildman–Crippen LogP) is 2.64. The summed E-state index contributed by atoms with van der Waals surface area (Å²) in [7, 11) is 0. The van der Waals surface area contributed by atoms with Crippen LogP contribution in [-0.2, 0) is 0 Å². The molecule has 0 fully saturated rings. The Balaban J connectivity index is 4.01. The zero-order valence-electron chi connectivity index (χ0n) is 6.68. The van der Waals surface area contributed by atoms with Crippen molar-refractivity contribution >= 4 is 6.21 Å². The summed E-state index contributed by atoms with van der Waals surface area (Å²) >= 11 is 0. The normalized spacial score (nSPS) is 13.7. The largest absolute Gasteiger partial charge is 0.266 e. The molecule has 52 valence electrons. The number of rotatable bonds is 2. The van der Waals surface area contributed by atoms with E-state index in [1.807, 2.05) is 26.1 Å². The molecule has 0 bridgehead atoms. The average molecular weight is 125 g/mol. The first-order chi connectivity index (χ1) is 4.22. The van der Waals surface area contributed by atoms with Crippen LogP contribution < -0.4 is 0 Å². The summed E-state index contributed by atoms with van der Waals surface area (Å²) in [5, 5.41) is 0. The molecule has 0 aromatic carbocycles. The van der Waals surface area contributed by atoms with Gasteiger partial charge in [-0.05, 0) is 19.8 Å². The number of nitrogens with zero attached hydrogens (tertiary/aromatic N) is 1. The SMILES string of the molecule is C/C=N\C(=C/C)C(C)C. The molecule has 0 aromatic heterocycles. The summed E-state index contributed by atoms with van der Waals surface area (Å²) < 4.78 is 0. The molecule has 0 radical (unpaired) electrons. The molecule has 0 N–H and O–H groups in total. The lowest BCUT2D eigenvalue weighted by molar-refractivity contribution is 0.757. The van der Waals surface area contributed by atoms with Crippen LogP contribution in [0.5, 0.6) is 0 Å². The van der Waals surface area contributed by atoms with E-state index in [4.69, 9.17) is 0 Å². The molecule has 0 aliphatic heterocycles. The minimum absolute atomic E-state index is 0.547. The van der Waals surface area contributed by atoms with E-state index in [0.29, 0.717) is 5.92 Å². The summed E-state index contributed by atoms with van der Waals surface area (Å²) in [6.07, 6.45) is 3.88. The summed E-state index contributed by atoms with van der Waals surface area (Å²) in [6.45, 7) is 8.24. The average Bonchev–Trinajstić information content (AvgIpc) is 1.82. The van der Waals surface area contributed by atoms with E-state index in [0.717, 1.165) is 5.70 Å². The maximum absolute atomic E-state index is 4.18. The van der Waals surface area contributed by atoms with Crippen molar-refractivity contribution in [2.45, 2.75) is 27.7 Å². The molecule has 0 aliphatic carbocycles. The Morgan fingerprint density at radius 1 is 1.33 bits per heavy atom. The summed E-state index contributed by atoms with van der Waals surface area (Å²) in [4.78, 5) is 4.18. The van der Waals surface area contributed by atoms with Gasteiger partial charge in [0.05, 0.1) is 0 Å². The smallest absolute Gasteiger partial charge is 0.0382 e. The predicted molar refractivity (Wildman–Crippen MR) is 42.8 cm³/mol. The molecule has 9 heavy (non-hydrogen) atoms. The monoisotopic (exact) mass is 125 g/mol. The first-order valence-corrected chi connectivity index (χ1v) is 3.37. The van der Waals surface area contributed by atoms with Crippen LogP contribution in [0.25, 0.3) is 0 Å². The third-order valence-corrected chi connectivity index (χ3v) is 1.17. The van der Waals surface area contributed by atoms with Gasteiger partial charge in [-0.3, -0.25) is 4.99 Å². The van der Waals surface area contributed by atoms with E-state index < -0.39 is 0 Å². The van der Waals surface area contributed by atoms with Crippen molar-refractivity contribution in [2.75, 3.05) is 0 Å². The zero-order valence-corrected chi connectivity index (χ0v) is 6.68. The summed E-state index contributed by atoms with van der Waals surface area (Å²) in [5.74, 6) is 0.547. The Morgan fingerprint density at radius 3 is 2.00 bits per heavy atom. The van der Waals surface area contributed by atoms with Gasteiger partial charge in [0.25, 0.3) is 0 Å². The summed E-state index contributed by atoms with van der Waals surface area (Å²) in [5.41, 5.74) is 1.16. The Bertz CT molecular complexity index is 121. The van der Waals surface area contributed by atoms with Crippen molar-refractivity contribution in [1.82, 2.24) is 0 Å². The molecule has 0 heterocycles. The molecule has 0 aliphatic rings. The standard InChI is InChI=1S/C8H15N/c1-5-8(7(3)4)9-6-2/h5-7H,1-4H3/b8-5-,9-6-. The number of hydrogen-bond donors (Lipinski definition) is 0. The van der Waals surface area contributed by atoms with Crippen molar-refractivity contribution < 1.29 is 0 Å². The van der Waals surface area contributed by atoms with Gasteiger partial charge < -0.3 is 0 Å². The molecule has 0 unspecified atom stereocenters. The highest BCUT2D eigenvalue weighted by atomic mass is 14.7. The molecule has 0 spiro atoms. The van der Waals surface area contributed by atoms with E-state index in [1.54, 1.807) is 0 Å². The van der Waals surface area contributed by atoms with Crippen molar-refractivity contribution in [1.29, 1.82) is 0 Å². The Kier molecular flexibility index (Phi) is 4.02. The van der Waals surface area contributed by atoms with Gasteiger partial charge in [-0.1, -0.05) is 19.9 Å². The van der Waals surface area contributed by atoms with Gasteiger partial charge in [0, 0.05) is 11.9 Å². The van der Waals surface area contributed by atoms with Gasteiger partial charge in [-0.2, -0.15) is 0 Å². The lowest BCUT2D eigenvalue weighted by atomic mass is 10.1. The van der Waals surface area contributed by atoms with E-state index in [2.05, 4.69) is 18.8 Å². The molecule has 0 aromatic rings. The quantitative estimate of drug-likeness (QED) is 0.503. The summed E-state index contributed by atoms with van der Waals surface area (Å²) in [6, 6.07) is 0. The maximum Gasteiger partial charge on any atom is 0.0382 e. The topological polar surface area (TPSA) is 12.4 Å². The van der Waals surface area contributed by atoms with Gasteiger partial charge in [0.2, 0.25) is 0 Å². The highest BCUT2D eigenvalue weighted by Gasteiger charge is 1.95. The lowest BCUT2D eigenvalue weighted by Crippen LogP contribution is -1.89. The van der Waals surface area contributed by atoms with Crippen LogP contribution in [0.3, 0.4) is 0 Å². The van der Waals surface area contributed by atoms with Gasteiger partial charge in [-0.15, -0.1) is 0 Å². The van der Waals surface area contributed by atoms with Crippen LogP contribution in [0.15, 0.2) is 16.8 Å². The minimum Gasteiger partial charge on any atom is -0.266 e. The molecular weight excluding hydrogens is 110 g/mol. The molecule has 1 heteroatoms. The number of hydrogen-bond acceptors (Lipinski definition) is 1. The molecule has 0 amide bonds. The van der Waals surface area contributed by atoms with Crippen molar-refractivity contribution in [3.05, 3.63) is 11.8 Å². The Hall–Kier alpha value is -0.590. The number of allylic oxidation sites excluding steroid dienone is 2. The van der Waals surface area contributed by atoms with Crippen LogP contribution in [0.4, 0.5) is 0 Å². The van der Waals surface area contributed by atoms with Gasteiger partial charge in [-0.25, -0.2) is 0 Å². The minimum atomic E-state index is 0.547. The highest BCUT2D eigenvalue weighted by Crippen LogP contribution is 2.08. The second-order valence-electron chi connectivity index (χ2n) is 2.26. The van der Waals surface area contributed by atoms with E-state index in [1.165, 1.54) is 0 Å². The second kappa shape index (κ2) is 4.30. The van der Waals surface area contributed by atoms with Gasteiger partial charge >= 0.3 is 0 Å². The Morgan fingerprint density at radius 2 is 1.89 bits per heavy atom. The molecule has 0 atom stereocenters. The van der Waals surface area contributed by atoms with E-state index in [9.17, 15) is 0 Å². The van der Waals surface area contributed by atoms with Crippen molar-refractivity contribution in [3.8, 4) is 0 Å². The maximum atomic E-state index is 4.18. The molecular formula is C8H15N. The van der Waals surface area contributed by atoms with E-state index >= 15 is 0 Å². The fourth-order valence-electron chi connectivity index (χ4n) is 0.706. The van der Waals surface area contributed by atoms with Crippen LogP contribution in [0, 0.1) is 5.92 Å². The lowest BCUT2D eigenvalue weighted by Gasteiger charge is -2.02. The fraction of sp³-hybridized carbons (Fsp3) is 0.625. The van der Waals surface area contributed by atoms with Crippen LogP contribution in [0.2, 0.25) is 0 Å². The first-order valence-electron chi connectivity index (χ1n) is 3.37. The van der Waals surface area contributed by atoms with Crippen LogP contribution in [0.1, 0.15) is 27.7 Å². The van der Waals surface area contributed by atoms with Crippen molar-refractivity contribution in [3.63, 3.8) is 0 Å². The molecule has 0 saturated heterocycles. The zero-order chi connectivity index (χ0) is 7.28. The van der Waals surface area contributed by atoms with Gasteiger partial charge in [0.15, 0.2) is 0 Å². The molecule has 0 saturated carbocycles. The van der Waals surface area contributed by atoms with Crippen LogP contribution in [-0.4, -0.2) is 6.21 Å². The highest BCUT2D eigenvalue weighted by molar-refractivity contribution is 5.55. The third-order valence-electron chi connectivity index (χ3n) is 1.17. The van der Waals surface area contributed by atoms with Crippen molar-refractivity contribution in [2.24, 2.45) is 10.9 Å². The third kappa shape index (κ3) is 3.07. The molecule has 0 rings (SSSR count). The second-order valence-corrected chi connectivity index (χ2v) is 2.26. The van der Waals surface area contributed by atoms with Gasteiger partial charge in [0.1, 0.15) is 0 Å². The number of aliphatic imine (C=N–C) groups is 1. The van der Waals surface area contributed by atoms with Crippen LogP contribution >= 0.6 is 0 Å². The first kappa shape index (κ1) is 8.41. The van der Waals surface area contributed by atoms with E-state index in [-0.39, 0.29) is 0 Å². The fourth-order valence-corrected chi connectivity index (χ4v) is 0.706. The Labute approximate surface area is 57.5 Å². The molecule has 1 nitrogen and oxygen atoms in total.